The molecule has 0 aliphatic heterocycles. The molecule has 1 atom stereocenters. The fraction of sp³-hybridized carbons (Fsp3) is 0.533. The van der Waals surface area contributed by atoms with Gasteiger partial charge in [0.15, 0.2) is 5.78 Å². The number of Topliss-reactive ketones (excluding diaryl/α,β-unsaturated/α-hetero) is 1. The molecule has 0 fully saturated rings. The predicted octanol–water partition coefficient (Wildman–Crippen LogP) is 3.58. The molecule has 2 aliphatic carbocycles. The molecule has 0 aromatic heterocycles. The molecule has 86 valence electrons. The van der Waals surface area contributed by atoms with E-state index in [0.29, 0.717) is 5.78 Å². The maximum Gasteiger partial charge on any atom is 0.166 e. The minimum Gasteiger partial charge on any atom is -0.294 e. The van der Waals surface area contributed by atoms with E-state index in [4.69, 9.17) is 0 Å². The molecule has 0 radical (unpaired) electrons. The Morgan fingerprint density at radius 3 is 2.38 bits per heavy atom. The summed E-state index contributed by atoms with van der Waals surface area (Å²) in [6.07, 6.45) is 4.61. The number of aryl methyl sites for hydroxylation is 2. The van der Waals surface area contributed by atoms with Crippen LogP contribution in [-0.2, 0) is 19.3 Å². The maximum atomic E-state index is 11.8. The van der Waals surface area contributed by atoms with Crippen molar-refractivity contribution in [1.29, 1.82) is 0 Å². The number of hydrogen-bond acceptors (Lipinski definition) is 1. The van der Waals surface area contributed by atoms with Gasteiger partial charge in [0.2, 0.25) is 0 Å². The lowest BCUT2D eigenvalue weighted by atomic mass is 10.0. The first-order chi connectivity index (χ1) is 7.75. The van der Waals surface area contributed by atoms with E-state index < -0.39 is 0 Å². The van der Waals surface area contributed by atoms with Crippen molar-refractivity contribution in [2.24, 2.45) is 5.92 Å². The standard InChI is InChI=1S/C13H14O.C2H6/c1-8-5-11-6-9-3-2-4-10(9)7-12(11)13(8)14;1-2/h6-8H,2-5H2,1H3;1-2H3. The number of fused-ring (bicyclic) bond motifs is 2. The summed E-state index contributed by atoms with van der Waals surface area (Å²) in [4.78, 5) is 11.8. The van der Waals surface area contributed by atoms with Gasteiger partial charge in [0.25, 0.3) is 0 Å². The Balaban J connectivity index is 0.000000457. The van der Waals surface area contributed by atoms with Crippen molar-refractivity contribution in [2.45, 2.75) is 46.5 Å². The van der Waals surface area contributed by atoms with Gasteiger partial charge in [0.1, 0.15) is 0 Å². The van der Waals surface area contributed by atoms with E-state index in [-0.39, 0.29) is 5.92 Å². The van der Waals surface area contributed by atoms with Gasteiger partial charge in [0.05, 0.1) is 0 Å². The van der Waals surface area contributed by atoms with Gasteiger partial charge in [-0.2, -0.15) is 0 Å². The predicted molar refractivity (Wildman–Crippen MR) is 67.0 cm³/mol. The lowest BCUT2D eigenvalue weighted by Gasteiger charge is -2.02. The van der Waals surface area contributed by atoms with Crippen LogP contribution < -0.4 is 0 Å². The summed E-state index contributed by atoms with van der Waals surface area (Å²) in [5.41, 5.74) is 5.22. The number of carbonyl (C=O) groups excluding carboxylic acids is 1. The third-order valence-corrected chi connectivity index (χ3v) is 3.56. The third-order valence-electron chi connectivity index (χ3n) is 3.56. The van der Waals surface area contributed by atoms with Crippen LogP contribution in [0.3, 0.4) is 0 Å². The molecule has 0 amide bonds. The second-order valence-electron chi connectivity index (χ2n) is 4.60. The third kappa shape index (κ3) is 1.68. The Hall–Kier alpha value is -1.11. The van der Waals surface area contributed by atoms with E-state index in [0.717, 1.165) is 12.0 Å². The molecule has 1 unspecified atom stereocenters. The van der Waals surface area contributed by atoms with Crippen molar-refractivity contribution in [3.8, 4) is 0 Å². The molecule has 1 nitrogen and oxygen atoms in total. The minimum atomic E-state index is 0.215. The van der Waals surface area contributed by atoms with Crippen LogP contribution in [0.15, 0.2) is 12.1 Å². The van der Waals surface area contributed by atoms with E-state index in [1.807, 2.05) is 20.8 Å². The van der Waals surface area contributed by atoms with Crippen LogP contribution in [0.5, 0.6) is 0 Å². The molecule has 1 aromatic carbocycles. The summed E-state index contributed by atoms with van der Waals surface area (Å²) in [6, 6.07) is 4.43. The topological polar surface area (TPSA) is 17.1 Å². The molecule has 0 heterocycles. The van der Waals surface area contributed by atoms with Crippen LogP contribution in [0.2, 0.25) is 0 Å². The van der Waals surface area contributed by atoms with Crippen molar-refractivity contribution in [3.05, 3.63) is 34.4 Å². The van der Waals surface area contributed by atoms with Crippen molar-refractivity contribution < 1.29 is 4.79 Å². The summed E-state index contributed by atoms with van der Waals surface area (Å²) in [7, 11) is 0. The van der Waals surface area contributed by atoms with Gasteiger partial charge in [0, 0.05) is 11.5 Å². The first-order valence-electron chi connectivity index (χ1n) is 6.44. The summed E-state index contributed by atoms with van der Waals surface area (Å²) >= 11 is 0. The molecule has 1 aromatic rings. The Labute approximate surface area is 97.9 Å². The molecular formula is C15H20O. The van der Waals surface area contributed by atoms with Crippen molar-refractivity contribution in [2.75, 3.05) is 0 Å². The molecule has 0 spiro atoms. The smallest absolute Gasteiger partial charge is 0.166 e. The van der Waals surface area contributed by atoms with Gasteiger partial charge >= 0.3 is 0 Å². The van der Waals surface area contributed by atoms with Crippen LogP contribution >= 0.6 is 0 Å². The normalized spacial score (nSPS) is 21.2. The van der Waals surface area contributed by atoms with E-state index >= 15 is 0 Å². The SMILES string of the molecule is CC.CC1Cc2cc3c(cc2C1=O)CCC3. The molecule has 16 heavy (non-hydrogen) atoms. The highest BCUT2D eigenvalue weighted by Crippen LogP contribution is 2.32. The first kappa shape index (κ1) is 11.4. The molecule has 0 bridgehead atoms. The lowest BCUT2D eigenvalue weighted by molar-refractivity contribution is 0.0946. The second-order valence-corrected chi connectivity index (χ2v) is 4.60. The van der Waals surface area contributed by atoms with Crippen LogP contribution in [-0.4, -0.2) is 5.78 Å². The van der Waals surface area contributed by atoms with Crippen LogP contribution in [0, 0.1) is 5.92 Å². The summed E-state index contributed by atoms with van der Waals surface area (Å²) in [5, 5.41) is 0. The van der Waals surface area contributed by atoms with Gasteiger partial charge in [-0.1, -0.05) is 26.8 Å². The largest absolute Gasteiger partial charge is 0.294 e. The highest BCUT2D eigenvalue weighted by atomic mass is 16.1. The highest BCUT2D eigenvalue weighted by Gasteiger charge is 2.28. The number of carbonyl (C=O) groups is 1. The fourth-order valence-corrected chi connectivity index (χ4v) is 2.76. The van der Waals surface area contributed by atoms with E-state index in [1.165, 1.54) is 36.0 Å². The van der Waals surface area contributed by atoms with Gasteiger partial charge < -0.3 is 0 Å². The number of ketones is 1. The van der Waals surface area contributed by atoms with Crippen molar-refractivity contribution in [1.82, 2.24) is 0 Å². The highest BCUT2D eigenvalue weighted by molar-refractivity contribution is 6.02. The van der Waals surface area contributed by atoms with Gasteiger partial charge in [-0.15, -0.1) is 0 Å². The average molecular weight is 216 g/mol. The summed E-state index contributed by atoms with van der Waals surface area (Å²) in [6.45, 7) is 6.04. The van der Waals surface area contributed by atoms with E-state index in [9.17, 15) is 4.79 Å². The van der Waals surface area contributed by atoms with E-state index in [1.54, 1.807) is 0 Å². The quantitative estimate of drug-likeness (QED) is 0.648. The lowest BCUT2D eigenvalue weighted by Crippen LogP contribution is -2.03. The molecule has 0 saturated carbocycles. The Morgan fingerprint density at radius 1 is 1.06 bits per heavy atom. The molecule has 1 heteroatoms. The first-order valence-corrected chi connectivity index (χ1v) is 6.44. The zero-order valence-corrected chi connectivity index (χ0v) is 10.5. The number of hydrogen-bond donors (Lipinski definition) is 0. The average Bonchev–Trinajstić information content (AvgIpc) is 2.86. The zero-order valence-electron chi connectivity index (χ0n) is 10.5. The Morgan fingerprint density at radius 2 is 1.69 bits per heavy atom. The summed E-state index contributed by atoms with van der Waals surface area (Å²) < 4.78 is 0. The maximum absolute atomic E-state index is 11.8. The number of benzene rings is 1. The Bertz CT molecular complexity index is 418. The monoisotopic (exact) mass is 216 g/mol. The molecular weight excluding hydrogens is 196 g/mol. The van der Waals surface area contributed by atoms with Crippen molar-refractivity contribution in [3.63, 3.8) is 0 Å². The number of rotatable bonds is 0. The molecule has 0 N–H and O–H groups in total. The van der Waals surface area contributed by atoms with E-state index in [2.05, 4.69) is 12.1 Å². The van der Waals surface area contributed by atoms with Crippen LogP contribution in [0.25, 0.3) is 0 Å². The van der Waals surface area contributed by atoms with Gasteiger partial charge in [-0.05, 0) is 48.4 Å². The van der Waals surface area contributed by atoms with Gasteiger partial charge in [-0.25, -0.2) is 0 Å². The zero-order chi connectivity index (χ0) is 11.7. The molecule has 3 rings (SSSR count). The van der Waals surface area contributed by atoms with Crippen LogP contribution in [0.1, 0.15) is 54.2 Å². The Kier molecular flexibility index (Phi) is 3.13. The second kappa shape index (κ2) is 4.40. The molecule has 2 aliphatic rings. The minimum absolute atomic E-state index is 0.215. The summed E-state index contributed by atoms with van der Waals surface area (Å²) in [5.74, 6) is 0.572. The fourth-order valence-electron chi connectivity index (χ4n) is 2.76. The molecule has 0 saturated heterocycles. The van der Waals surface area contributed by atoms with Crippen molar-refractivity contribution >= 4 is 5.78 Å². The van der Waals surface area contributed by atoms with Gasteiger partial charge in [-0.3, -0.25) is 4.79 Å². The van der Waals surface area contributed by atoms with Crippen LogP contribution in [0.4, 0.5) is 0 Å².